The Morgan fingerprint density at radius 3 is 2.21 bits per heavy atom. The summed E-state index contributed by atoms with van der Waals surface area (Å²) in [5.74, 6) is 0. The molecule has 1 rings (SSSR count). The molecule has 0 atom stereocenters. The fourth-order valence-electron chi connectivity index (χ4n) is 2.48. The Labute approximate surface area is 120 Å². The van der Waals surface area contributed by atoms with Crippen LogP contribution in [0.2, 0.25) is 0 Å². The Hall–Kier alpha value is -0.630. The summed E-state index contributed by atoms with van der Waals surface area (Å²) in [6.45, 7) is 19.2. The molecule has 0 unspecified atom stereocenters. The lowest BCUT2D eigenvalue weighted by Gasteiger charge is -2.32. The van der Waals surface area contributed by atoms with Gasteiger partial charge in [0, 0.05) is 30.4 Å². The topological polar surface area (TPSA) is 15.6 Å². The first-order valence-electron chi connectivity index (χ1n) is 7.65. The summed E-state index contributed by atoms with van der Waals surface area (Å²) in [5, 5.41) is 0. The lowest BCUT2D eigenvalue weighted by molar-refractivity contribution is 0.304. The molecule has 0 spiro atoms. The Morgan fingerprint density at radius 1 is 1.11 bits per heavy atom. The zero-order chi connectivity index (χ0) is 14.7. The van der Waals surface area contributed by atoms with Crippen molar-refractivity contribution in [3.63, 3.8) is 0 Å². The van der Waals surface area contributed by atoms with E-state index in [-0.39, 0.29) is 10.8 Å². The van der Waals surface area contributed by atoms with Crippen molar-refractivity contribution in [1.82, 2.24) is 4.90 Å². The predicted molar refractivity (Wildman–Crippen MR) is 85.8 cm³/mol. The van der Waals surface area contributed by atoms with Crippen molar-refractivity contribution in [3.8, 4) is 0 Å². The number of allylic oxidation sites excluding steroid dienone is 1. The van der Waals surface area contributed by atoms with Gasteiger partial charge in [0.25, 0.3) is 0 Å². The molecule has 0 saturated heterocycles. The zero-order valence-electron chi connectivity index (χ0n) is 14.0. The number of rotatable bonds is 3. The highest BCUT2D eigenvalue weighted by Gasteiger charge is 2.30. The average Bonchev–Trinajstić information content (AvgIpc) is 2.47. The molecule has 0 N–H and O–H groups in total. The number of aliphatic imine (C=N–C) groups is 1. The Balaban J connectivity index is 3.08. The molecule has 0 aromatic heterocycles. The summed E-state index contributed by atoms with van der Waals surface area (Å²) >= 11 is 0. The standard InChI is InChI=1S/C17H32N2/c1-8-9-11-19-12-10-18-15(17(5,6)7)14(13-19)16(2,3)4/h10H,8-9,11-13H2,1-7H3. The smallest absolute Gasteiger partial charge is 0.0463 e. The van der Waals surface area contributed by atoms with Gasteiger partial charge in [0.1, 0.15) is 0 Å². The van der Waals surface area contributed by atoms with Gasteiger partial charge < -0.3 is 0 Å². The van der Waals surface area contributed by atoms with Gasteiger partial charge in [0.2, 0.25) is 0 Å². The van der Waals surface area contributed by atoms with Crippen molar-refractivity contribution >= 4 is 6.21 Å². The zero-order valence-corrected chi connectivity index (χ0v) is 14.0. The van der Waals surface area contributed by atoms with Gasteiger partial charge in [0.05, 0.1) is 0 Å². The normalized spacial score (nSPS) is 18.9. The molecule has 110 valence electrons. The molecular weight excluding hydrogens is 232 g/mol. The van der Waals surface area contributed by atoms with Gasteiger partial charge in [-0.3, -0.25) is 9.89 Å². The van der Waals surface area contributed by atoms with Crippen LogP contribution < -0.4 is 0 Å². The number of hydrogen-bond acceptors (Lipinski definition) is 2. The van der Waals surface area contributed by atoms with Crippen LogP contribution in [0.1, 0.15) is 61.3 Å². The second-order valence-corrected chi connectivity index (χ2v) is 7.73. The quantitative estimate of drug-likeness (QED) is 0.732. The van der Waals surface area contributed by atoms with E-state index in [1.807, 2.05) is 0 Å². The van der Waals surface area contributed by atoms with Crippen LogP contribution in [0.25, 0.3) is 0 Å². The van der Waals surface area contributed by atoms with Crippen LogP contribution in [0.15, 0.2) is 16.3 Å². The van der Waals surface area contributed by atoms with Crippen LogP contribution in [0, 0.1) is 10.8 Å². The van der Waals surface area contributed by atoms with E-state index in [4.69, 9.17) is 4.99 Å². The van der Waals surface area contributed by atoms with Crippen LogP contribution in [0.5, 0.6) is 0 Å². The first-order chi connectivity index (χ1) is 8.66. The molecule has 0 saturated carbocycles. The minimum atomic E-state index is 0.125. The van der Waals surface area contributed by atoms with Crippen LogP contribution >= 0.6 is 0 Å². The summed E-state index contributed by atoms with van der Waals surface area (Å²) in [5.41, 5.74) is 3.11. The molecule has 0 aliphatic carbocycles. The molecule has 0 fully saturated rings. The number of hydrogen-bond donors (Lipinski definition) is 0. The fourth-order valence-corrected chi connectivity index (χ4v) is 2.48. The van der Waals surface area contributed by atoms with Gasteiger partial charge in [-0.2, -0.15) is 0 Å². The van der Waals surface area contributed by atoms with Gasteiger partial charge >= 0.3 is 0 Å². The second kappa shape index (κ2) is 6.21. The van der Waals surface area contributed by atoms with E-state index in [0.29, 0.717) is 0 Å². The average molecular weight is 264 g/mol. The molecule has 0 amide bonds. The summed E-state index contributed by atoms with van der Waals surface area (Å²) < 4.78 is 0. The molecular formula is C17H32N2. The maximum atomic E-state index is 4.81. The maximum absolute atomic E-state index is 4.81. The maximum Gasteiger partial charge on any atom is 0.0463 e. The third kappa shape index (κ3) is 4.76. The fraction of sp³-hybridized carbons (Fsp3) is 0.824. The number of unbranched alkanes of at least 4 members (excludes halogenated alkanes) is 1. The second-order valence-electron chi connectivity index (χ2n) is 7.73. The van der Waals surface area contributed by atoms with Gasteiger partial charge in [-0.15, -0.1) is 0 Å². The van der Waals surface area contributed by atoms with Gasteiger partial charge in [-0.05, 0) is 24.0 Å². The molecule has 1 aliphatic rings. The first-order valence-corrected chi connectivity index (χ1v) is 7.65. The summed E-state index contributed by atoms with van der Waals surface area (Å²) in [6.07, 6.45) is 4.64. The van der Waals surface area contributed by atoms with Crippen molar-refractivity contribution in [2.45, 2.75) is 61.3 Å². The highest BCUT2D eigenvalue weighted by atomic mass is 15.1. The van der Waals surface area contributed by atoms with E-state index in [1.165, 1.54) is 30.7 Å². The predicted octanol–water partition coefficient (Wildman–Crippen LogP) is 4.52. The lowest BCUT2D eigenvalue weighted by atomic mass is 9.78. The highest BCUT2D eigenvalue weighted by molar-refractivity contribution is 5.63. The van der Waals surface area contributed by atoms with Gasteiger partial charge in [0.15, 0.2) is 0 Å². The minimum Gasteiger partial charge on any atom is -0.294 e. The summed E-state index contributed by atoms with van der Waals surface area (Å²) in [7, 11) is 0. The Bertz CT molecular complexity index is 350. The van der Waals surface area contributed by atoms with Gasteiger partial charge in [-0.25, -0.2) is 0 Å². The molecule has 1 heterocycles. The van der Waals surface area contributed by atoms with Crippen molar-refractivity contribution in [2.24, 2.45) is 15.8 Å². The Kier molecular flexibility index (Phi) is 5.37. The third-order valence-electron chi connectivity index (χ3n) is 3.67. The first kappa shape index (κ1) is 16.4. The van der Waals surface area contributed by atoms with Crippen molar-refractivity contribution < 1.29 is 0 Å². The molecule has 2 nitrogen and oxygen atoms in total. The van der Waals surface area contributed by atoms with Crippen LogP contribution in [0.3, 0.4) is 0 Å². The molecule has 1 aliphatic heterocycles. The van der Waals surface area contributed by atoms with E-state index >= 15 is 0 Å². The molecule has 0 radical (unpaired) electrons. The lowest BCUT2D eigenvalue weighted by Crippen LogP contribution is -2.32. The highest BCUT2D eigenvalue weighted by Crippen LogP contribution is 2.38. The van der Waals surface area contributed by atoms with Crippen molar-refractivity contribution in [2.75, 3.05) is 19.6 Å². The number of nitrogens with zero attached hydrogens (tertiary/aromatic N) is 2. The molecule has 19 heavy (non-hydrogen) atoms. The van der Waals surface area contributed by atoms with Crippen LogP contribution in [-0.4, -0.2) is 30.7 Å². The van der Waals surface area contributed by atoms with E-state index in [0.717, 1.165) is 13.1 Å². The molecule has 0 aromatic carbocycles. The Morgan fingerprint density at radius 2 is 1.74 bits per heavy atom. The van der Waals surface area contributed by atoms with E-state index < -0.39 is 0 Å². The van der Waals surface area contributed by atoms with Crippen LogP contribution in [0.4, 0.5) is 0 Å². The molecule has 2 heteroatoms. The third-order valence-corrected chi connectivity index (χ3v) is 3.67. The van der Waals surface area contributed by atoms with Crippen molar-refractivity contribution in [3.05, 3.63) is 11.3 Å². The molecule has 0 aromatic rings. The minimum absolute atomic E-state index is 0.125. The van der Waals surface area contributed by atoms with E-state index in [2.05, 4.69) is 59.6 Å². The van der Waals surface area contributed by atoms with E-state index in [9.17, 15) is 0 Å². The summed E-state index contributed by atoms with van der Waals surface area (Å²) in [6, 6.07) is 0. The van der Waals surface area contributed by atoms with Crippen LogP contribution in [-0.2, 0) is 0 Å². The van der Waals surface area contributed by atoms with Crippen molar-refractivity contribution in [1.29, 1.82) is 0 Å². The monoisotopic (exact) mass is 264 g/mol. The largest absolute Gasteiger partial charge is 0.294 e. The van der Waals surface area contributed by atoms with Gasteiger partial charge in [-0.1, -0.05) is 54.9 Å². The molecule has 0 bridgehead atoms. The summed E-state index contributed by atoms with van der Waals surface area (Å²) in [4.78, 5) is 7.35. The van der Waals surface area contributed by atoms with E-state index in [1.54, 1.807) is 0 Å². The SMILES string of the molecule is CCCCN1CC=NC(C(C)(C)C)=C(C(C)(C)C)C1.